The number of hydrogen-bond acceptors (Lipinski definition) is 4. The van der Waals surface area contributed by atoms with Crippen molar-refractivity contribution in [3.05, 3.63) is 94.9 Å². The third-order valence-corrected chi connectivity index (χ3v) is 4.73. The number of para-hydroxylation sites is 3. The lowest BCUT2D eigenvalue weighted by Crippen LogP contribution is -2.26. The molecule has 1 aromatic heterocycles. The number of benzene rings is 3. The van der Waals surface area contributed by atoms with Crippen molar-refractivity contribution in [3.8, 4) is 11.4 Å². The summed E-state index contributed by atoms with van der Waals surface area (Å²) in [6, 6.07) is 23.3. The second-order valence-corrected chi connectivity index (χ2v) is 7.60. The highest BCUT2D eigenvalue weighted by Crippen LogP contribution is 2.25. The van der Waals surface area contributed by atoms with E-state index in [9.17, 15) is 9.59 Å². The van der Waals surface area contributed by atoms with E-state index in [1.807, 2.05) is 36.4 Å². The molecule has 4 aromatic rings. The van der Waals surface area contributed by atoms with Crippen LogP contribution in [0.3, 0.4) is 0 Å². The fourth-order valence-corrected chi connectivity index (χ4v) is 3.24. The summed E-state index contributed by atoms with van der Waals surface area (Å²) in [6.07, 6.45) is 0. The maximum atomic E-state index is 13.3. The summed E-state index contributed by atoms with van der Waals surface area (Å²) in [4.78, 5) is 26.3. The molecule has 0 bridgehead atoms. The minimum Gasteiger partial charge on any atom is -0.491 e. The molecule has 0 spiro atoms. The fourth-order valence-electron chi connectivity index (χ4n) is 3.24. The van der Waals surface area contributed by atoms with Gasteiger partial charge in [0.1, 0.15) is 5.75 Å². The van der Waals surface area contributed by atoms with Gasteiger partial charge in [-0.25, -0.2) is 0 Å². The van der Waals surface area contributed by atoms with Gasteiger partial charge in [0.25, 0.3) is 11.5 Å². The lowest BCUT2D eigenvalue weighted by Gasteiger charge is -2.15. The maximum absolute atomic E-state index is 13.3. The third-order valence-electron chi connectivity index (χ3n) is 4.73. The van der Waals surface area contributed by atoms with Gasteiger partial charge in [0, 0.05) is 5.39 Å². The molecule has 0 aliphatic heterocycles. The molecule has 0 saturated carbocycles. The number of nitrogens with zero attached hydrogens (tertiary/aromatic N) is 2. The second-order valence-electron chi connectivity index (χ2n) is 7.60. The van der Waals surface area contributed by atoms with Gasteiger partial charge in [0.05, 0.1) is 23.4 Å². The Hall–Kier alpha value is -3.93. The number of amides is 1. The van der Waals surface area contributed by atoms with Crippen LogP contribution in [0.2, 0.25) is 0 Å². The van der Waals surface area contributed by atoms with Gasteiger partial charge in [-0.3, -0.25) is 9.59 Å². The van der Waals surface area contributed by atoms with Gasteiger partial charge in [0.15, 0.2) is 5.69 Å². The molecule has 156 valence electrons. The van der Waals surface area contributed by atoms with Crippen molar-refractivity contribution >= 4 is 22.4 Å². The molecule has 0 atom stereocenters. The van der Waals surface area contributed by atoms with E-state index < -0.39 is 5.91 Å². The maximum Gasteiger partial charge on any atom is 0.279 e. The highest BCUT2D eigenvalue weighted by molar-refractivity contribution is 6.11. The summed E-state index contributed by atoms with van der Waals surface area (Å²) >= 11 is 0. The molecule has 6 heteroatoms. The summed E-state index contributed by atoms with van der Waals surface area (Å²) in [6.45, 7) is 4.65. The normalized spacial score (nSPS) is 10.9. The van der Waals surface area contributed by atoms with Crippen LogP contribution in [0.25, 0.3) is 16.5 Å². The van der Waals surface area contributed by atoms with E-state index in [0.717, 1.165) is 0 Å². The summed E-state index contributed by atoms with van der Waals surface area (Å²) < 4.78 is 7.11. The van der Waals surface area contributed by atoms with Gasteiger partial charge < -0.3 is 10.1 Å². The first-order valence-electron chi connectivity index (χ1n) is 10.2. The predicted octanol–water partition coefficient (Wildman–Crippen LogP) is 4.67. The molecule has 0 fully saturated rings. The molecule has 0 saturated heterocycles. The zero-order chi connectivity index (χ0) is 21.8. The van der Waals surface area contributed by atoms with Gasteiger partial charge >= 0.3 is 0 Å². The van der Waals surface area contributed by atoms with Crippen LogP contribution in [0.1, 0.15) is 24.3 Å². The highest BCUT2D eigenvalue weighted by Gasteiger charge is 2.19. The summed E-state index contributed by atoms with van der Waals surface area (Å²) in [7, 11) is 0. The Morgan fingerprint density at radius 3 is 2.32 bits per heavy atom. The zero-order valence-corrected chi connectivity index (χ0v) is 17.4. The SMILES string of the molecule is CC(C)COc1ccccc1NC(=O)c1nn(-c2ccccc2)c(=O)c2ccccc12. The number of anilines is 1. The van der Waals surface area contributed by atoms with Crippen molar-refractivity contribution < 1.29 is 9.53 Å². The zero-order valence-electron chi connectivity index (χ0n) is 17.4. The molecule has 31 heavy (non-hydrogen) atoms. The number of nitrogens with one attached hydrogen (secondary N) is 1. The van der Waals surface area contributed by atoms with E-state index in [0.29, 0.717) is 40.4 Å². The van der Waals surface area contributed by atoms with Crippen molar-refractivity contribution in [1.82, 2.24) is 9.78 Å². The minimum absolute atomic E-state index is 0.165. The molecular weight excluding hydrogens is 390 g/mol. The number of aromatic nitrogens is 2. The fraction of sp³-hybridized carbons (Fsp3) is 0.160. The number of ether oxygens (including phenoxy) is 1. The first-order chi connectivity index (χ1) is 15.0. The average molecular weight is 413 g/mol. The van der Waals surface area contributed by atoms with E-state index in [2.05, 4.69) is 24.3 Å². The van der Waals surface area contributed by atoms with Crippen molar-refractivity contribution in [2.75, 3.05) is 11.9 Å². The quantitative estimate of drug-likeness (QED) is 0.498. The molecule has 0 radical (unpaired) electrons. The topological polar surface area (TPSA) is 73.2 Å². The van der Waals surface area contributed by atoms with Crippen LogP contribution in [0.15, 0.2) is 83.7 Å². The van der Waals surface area contributed by atoms with Gasteiger partial charge in [-0.1, -0.05) is 62.4 Å². The average Bonchev–Trinajstić information content (AvgIpc) is 2.79. The highest BCUT2D eigenvalue weighted by atomic mass is 16.5. The standard InChI is InChI=1S/C25H23N3O3/c1-17(2)16-31-22-15-9-8-14-21(22)26-24(29)23-19-12-6-7-13-20(19)25(30)28(27-23)18-10-4-3-5-11-18/h3-15,17H,16H2,1-2H3,(H,26,29). The Morgan fingerprint density at radius 2 is 1.58 bits per heavy atom. The van der Waals surface area contributed by atoms with Gasteiger partial charge in [-0.05, 0) is 36.2 Å². The number of hydrogen-bond donors (Lipinski definition) is 1. The molecule has 3 aromatic carbocycles. The van der Waals surface area contributed by atoms with Crippen LogP contribution < -0.4 is 15.6 Å². The Labute approximate surface area is 180 Å². The van der Waals surface area contributed by atoms with Crippen LogP contribution in [0.5, 0.6) is 5.75 Å². The minimum atomic E-state index is -0.415. The van der Waals surface area contributed by atoms with Crippen molar-refractivity contribution in [2.45, 2.75) is 13.8 Å². The van der Waals surface area contributed by atoms with E-state index in [4.69, 9.17) is 4.74 Å². The second kappa shape index (κ2) is 8.83. The van der Waals surface area contributed by atoms with Crippen LogP contribution in [-0.2, 0) is 0 Å². The Balaban J connectivity index is 1.77. The van der Waals surface area contributed by atoms with Gasteiger partial charge in [0.2, 0.25) is 0 Å². The van der Waals surface area contributed by atoms with Gasteiger partial charge in [-0.15, -0.1) is 0 Å². The van der Waals surface area contributed by atoms with Crippen LogP contribution in [-0.4, -0.2) is 22.3 Å². The first-order valence-corrected chi connectivity index (χ1v) is 10.2. The monoisotopic (exact) mass is 413 g/mol. The Morgan fingerprint density at radius 1 is 0.935 bits per heavy atom. The number of carbonyl (C=O) groups is 1. The van der Waals surface area contributed by atoms with E-state index in [-0.39, 0.29) is 11.3 Å². The Kier molecular flexibility index (Phi) is 5.80. The summed E-state index contributed by atoms with van der Waals surface area (Å²) in [5, 5.41) is 8.25. The first kappa shape index (κ1) is 20.3. The molecule has 4 rings (SSSR count). The summed E-state index contributed by atoms with van der Waals surface area (Å²) in [5.74, 6) is 0.524. The van der Waals surface area contributed by atoms with E-state index in [1.54, 1.807) is 42.5 Å². The number of fused-ring (bicyclic) bond motifs is 1. The molecule has 1 amide bonds. The summed E-state index contributed by atoms with van der Waals surface area (Å²) in [5.41, 5.74) is 1.03. The van der Waals surface area contributed by atoms with E-state index in [1.165, 1.54) is 4.68 Å². The molecular formula is C25H23N3O3. The van der Waals surface area contributed by atoms with Crippen molar-refractivity contribution in [1.29, 1.82) is 0 Å². The molecule has 6 nitrogen and oxygen atoms in total. The predicted molar refractivity (Wildman–Crippen MR) is 122 cm³/mol. The molecule has 1 N–H and O–H groups in total. The van der Waals surface area contributed by atoms with E-state index >= 15 is 0 Å². The van der Waals surface area contributed by atoms with Crippen molar-refractivity contribution in [3.63, 3.8) is 0 Å². The largest absolute Gasteiger partial charge is 0.491 e. The molecule has 0 aliphatic carbocycles. The van der Waals surface area contributed by atoms with Crippen LogP contribution in [0.4, 0.5) is 5.69 Å². The van der Waals surface area contributed by atoms with Gasteiger partial charge in [-0.2, -0.15) is 9.78 Å². The molecule has 0 aliphatic rings. The van der Waals surface area contributed by atoms with Crippen molar-refractivity contribution in [2.24, 2.45) is 5.92 Å². The molecule has 0 unspecified atom stereocenters. The third kappa shape index (κ3) is 4.33. The van der Waals surface area contributed by atoms with Crippen LogP contribution >= 0.6 is 0 Å². The number of carbonyl (C=O) groups excluding carboxylic acids is 1. The number of rotatable bonds is 6. The molecule has 1 heterocycles. The lowest BCUT2D eigenvalue weighted by molar-refractivity contribution is 0.102. The van der Waals surface area contributed by atoms with Crippen LogP contribution in [0, 0.1) is 5.92 Å². The Bertz CT molecular complexity index is 1280. The lowest BCUT2D eigenvalue weighted by atomic mass is 10.1. The smallest absolute Gasteiger partial charge is 0.279 e.